The number of aryl methyl sites for hydroxylation is 1. The second-order valence-electron chi connectivity index (χ2n) is 5.24. The first-order valence-corrected chi connectivity index (χ1v) is 6.89. The van der Waals surface area contributed by atoms with Gasteiger partial charge in [-0.25, -0.2) is 0 Å². The molecule has 0 radical (unpaired) electrons. The first kappa shape index (κ1) is 14.8. The number of nitrogens with one attached hydrogen (secondary N) is 1. The largest absolute Gasteiger partial charge is 0.394 e. The van der Waals surface area contributed by atoms with Crippen LogP contribution in [-0.2, 0) is 4.74 Å². The van der Waals surface area contributed by atoms with Crippen molar-refractivity contribution in [3.63, 3.8) is 0 Å². The van der Waals surface area contributed by atoms with Crippen molar-refractivity contribution in [2.24, 2.45) is 0 Å². The molecule has 0 aliphatic carbocycles. The summed E-state index contributed by atoms with van der Waals surface area (Å²) in [6.45, 7) is 4.82. The number of hydrogen-bond donors (Lipinski definition) is 2. The van der Waals surface area contributed by atoms with Gasteiger partial charge in [0.15, 0.2) is 0 Å². The van der Waals surface area contributed by atoms with Crippen molar-refractivity contribution in [2.75, 3.05) is 32.1 Å². The number of aliphatic hydroxyl groups is 1. The van der Waals surface area contributed by atoms with E-state index in [4.69, 9.17) is 4.74 Å². The molecule has 1 aromatic rings. The van der Waals surface area contributed by atoms with Crippen LogP contribution in [0.25, 0.3) is 0 Å². The van der Waals surface area contributed by atoms with E-state index in [1.165, 1.54) is 0 Å². The van der Waals surface area contributed by atoms with Crippen molar-refractivity contribution < 1.29 is 14.6 Å². The van der Waals surface area contributed by atoms with Crippen LogP contribution in [0.2, 0.25) is 0 Å². The number of nitrogens with zero attached hydrogens (tertiary/aromatic N) is 1. The van der Waals surface area contributed by atoms with E-state index in [0.717, 1.165) is 11.3 Å². The molecule has 1 aliphatic rings. The summed E-state index contributed by atoms with van der Waals surface area (Å²) in [6.07, 6.45) is -0.345. The molecule has 2 unspecified atom stereocenters. The fourth-order valence-electron chi connectivity index (χ4n) is 2.57. The molecule has 0 aromatic heterocycles. The number of morpholine rings is 1. The molecule has 2 atom stereocenters. The Balaban J connectivity index is 2.16. The van der Waals surface area contributed by atoms with Crippen LogP contribution in [0.4, 0.5) is 5.69 Å². The molecule has 0 saturated carbocycles. The highest BCUT2D eigenvalue weighted by Crippen LogP contribution is 2.19. The molecular formula is C15H22N2O3. The van der Waals surface area contributed by atoms with Gasteiger partial charge in [0.1, 0.15) is 0 Å². The monoisotopic (exact) mass is 278 g/mol. The van der Waals surface area contributed by atoms with Crippen LogP contribution in [0, 0.1) is 6.92 Å². The van der Waals surface area contributed by atoms with Crippen LogP contribution < -0.4 is 5.32 Å². The van der Waals surface area contributed by atoms with Crippen LogP contribution in [-0.4, -0.2) is 54.9 Å². The molecule has 1 saturated heterocycles. The zero-order valence-electron chi connectivity index (χ0n) is 12.2. The summed E-state index contributed by atoms with van der Waals surface area (Å²) in [5.41, 5.74) is 2.73. The molecule has 2 rings (SSSR count). The minimum atomic E-state index is -0.291. The Bertz CT molecular complexity index is 490. The Morgan fingerprint density at radius 2 is 2.25 bits per heavy atom. The third-order valence-electron chi connectivity index (χ3n) is 3.56. The van der Waals surface area contributed by atoms with Crippen LogP contribution >= 0.6 is 0 Å². The maximum absolute atomic E-state index is 12.5. The molecule has 1 aliphatic heterocycles. The average Bonchev–Trinajstić information content (AvgIpc) is 2.45. The van der Waals surface area contributed by atoms with Gasteiger partial charge in [-0.2, -0.15) is 0 Å². The fraction of sp³-hybridized carbons (Fsp3) is 0.533. The lowest BCUT2D eigenvalue weighted by molar-refractivity contribution is -0.0858. The molecule has 1 heterocycles. The molecule has 110 valence electrons. The zero-order chi connectivity index (χ0) is 14.7. The van der Waals surface area contributed by atoms with Crippen molar-refractivity contribution >= 4 is 11.6 Å². The Hall–Kier alpha value is -1.59. The molecular weight excluding hydrogens is 256 g/mol. The lowest BCUT2D eigenvalue weighted by Gasteiger charge is -2.36. The number of ether oxygens (including phenoxy) is 1. The van der Waals surface area contributed by atoms with Gasteiger partial charge in [0.25, 0.3) is 5.91 Å². The summed E-state index contributed by atoms with van der Waals surface area (Å²) in [7, 11) is 1.86. The zero-order valence-corrected chi connectivity index (χ0v) is 12.2. The second kappa shape index (κ2) is 6.24. The normalized spacial score (nSPS) is 22.7. The second-order valence-corrected chi connectivity index (χ2v) is 5.24. The predicted molar refractivity (Wildman–Crippen MR) is 78.1 cm³/mol. The SMILES string of the molecule is CNc1ccc(C(=O)N2CC(C)OC(CO)C2)cc1C. The summed E-state index contributed by atoms with van der Waals surface area (Å²) in [5.74, 6) is -0.00986. The van der Waals surface area contributed by atoms with Crippen LogP contribution in [0.3, 0.4) is 0 Å². The quantitative estimate of drug-likeness (QED) is 0.874. The van der Waals surface area contributed by atoms with Gasteiger partial charge in [0.05, 0.1) is 18.8 Å². The maximum atomic E-state index is 12.5. The van der Waals surface area contributed by atoms with E-state index in [1.807, 2.05) is 39.1 Å². The highest BCUT2D eigenvalue weighted by molar-refractivity contribution is 5.95. The predicted octanol–water partition coefficient (Wildman–Crippen LogP) is 1.26. The number of aliphatic hydroxyl groups excluding tert-OH is 1. The number of anilines is 1. The minimum Gasteiger partial charge on any atom is -0.394 e. The van der Waals surface area contributed by atoms with Gasteiger partial charge >= 0.3 is 0 Å². The van der Waals surface area contributed by atoms with Crippen molar-refractivity contribution in [1.29, 1.82) is 0 Å². The van der Waals surface area contributed by atoms with Gasteiger partial charge in [-0.3, -0.25) is 4.79 Å². The average molecular weight is 278 g/mol. The van der Waals surface area contributed by atoms with Gasteiger partial charge < -0.3 is 20.1 Å². The van der Waals surface area contributed by atoms with Crippen LogP contribution in [0.1, 0.15) is 22.8 Å². The van der Waals surface area contributed by atoms with Crippen LogP contribution in [0.15, 0.2) is 18.2 Å². The van der Waals surface area contributed by atoms with E-state index in [1.54, 1.807) is 4.90 Å². The summed E-state index contributed by atoms with van der Waals surface area (Å²) < 4.78 is 5.56. The first-order chi connectivity index (χ1) is 9.55. The molecule has 0 bridgehead atoms. The molecule has 5 heteroatoms. The summed E-state index contributed by atoms with van der Waals surface area (Å²) in [6, 6.07) is 5.63. The summed E-state index contributed by atoms with van der Waals surface area (Å²) in [5, 5.41) is 12.3. The van der Waals surface area contributed by atoms with Gasteiger partial charge in [0, 0.05) is 31.4 Å². The highest BCUT2D eigenvalue weighted by Gasteiger charge is 2.28. The number of hydrogen-bond acceptors (Lipinski definition) is 4. The molecule has 1 amide bonds. The summed E-state index contributed by atoms with van der Waals surface area (Å²) in [4.78, 5) is 14.3. The minimum absolute atomic E-state index is 0.00986. The molecule has 1 aromatic carbocycles. The van der Waals surface area contributed by atoms with E-state index < -0.39 is 0 Å². The van der Waals surface area contributed by atoms with E-state index in [-0.39, 0.29) is 24.7 Å². The number of amides is 1. The molecule has 0 spiro atoms. The van der Waals surface area contributed by atoms with Gasteiger partial charge in [-0.05, 0) is 37.6 Å². The lowest BCUT2D eigenvalue weighted by atomic mass is 10.1. The lowest BCUT2D eigenvalue weighted by Crippen LogP contribution is -2.50. The Kier molecular flexibility index (Phi) is 4.62. The third kappa shape index (κ3) is 3.11. The summed E-state index contributed by atoms with van der Waals surface area (Å²) >= 11 is 0. The number of carbonyl (C=O) groups excluding carboxylic acids is 1. The van der Waals surface area contributed by atoms with Gasteiger partial charge in [-0.15, -0.1) is 0 Å². The highest BCUT2D eigenvalue weighted by atomic mass is 16.5. The number of rotatable bonds is 3. The van der Waals surface area contributed by atoms with Crippen molar-refractivity contribution in [1.82, 2.24) is 4.90 Å². The first-order valence-electron chi connectivity index (χ1n) is 6.89. The third-order valence-corrected chi connectivity index (χ3v) is 3.56. The van der Waals surface area contributed by atoms with Crippen LogP contribution in [0.5, 0.6) is 0 Å². The van der Waals surface area contributed by atoms with Gasteiger partial charge in [-0.1, -0.05) is 0 Å². The van der Waals surface area contributed by atoms with Crippen molar-refractivity contribution in [3.8, 4) is 0 Å². The molecule has 20 heavy (non-hydrogen) atoms. The van der Waals surface area contributed by atoms with Crippen molar-refractivity contribution in [2.45, 2.75) is 26.1 Å². The number of carbonyl (C=O) groups is 1. The Morgan fingerprint density at radius 3 is 2.85 bits per heavy atom. The van der Waals surface area contributed by atoms with Gasteiger partial charge in [0.2, 0.25) is 0 Å². The molecule has 2 N–H and O–H groups in total. The maximum Gasteiger partial charge on any atom is 0.254 e. The Morgan fingerprint density at radius 1 is 1.50 bits per heavy atom. The van der Waals surface area contributed by atoms with Crippen molar-refractivity contribution in [3.05, 3.63) is 29.3 Å². The molecule has 5 nitrogen and oxygen atoms in total. The van der Waals surface area contributed by atoms with E-state index in [9.17, 15) is 9.90 Å². The smallest absolute Gasteiger partial charge is 0.254 e. The fourth-order valence-corrected chi connectivity index (χ4v) is 2.57. The molecule has 1 fully saturated rings. The standard InChI is InChI=1S/C15H22N2O3/c1-10-6-12(4-5-14(10)16-3)15(19)17-7-11(2)20-13(8-17)9-18/h4-6,11,13,16,18H,7-9H2,1-3H3. The Labute approximate surface area is 119 Å². The number of benzene rings is 1. The topological polar surface area (TPSA) is 61.8 Å². The van der Waals surface area contributed by atoms with E-state index in [2.05, 4.69) is 5.32 Å². The van der Waals surface area contributed by atoms with E-state index in [0.29, 0.717) is 18.7 Å². The van der Waals surface area contributed by atoms with E-state index >= 15 is 0 Å².